The zero-order valence-electron chi connectivity index (χ0n) is 11.3. The van der Waals surface area contributed by atoms with E-state index < -0.39 is 11.7 Å². The van der Waals surface area contributed by atoms with Gasteiger partial charge in [0, 0.05) is 17.4 Å². The van der Waals surface area contributed by atoms with Crippen LogP contribution in [0.5, 0.6) is 0 Å². The topological polar surface area (TPSA) is 9.23 Å². The summed E-state index contributed by atoms with van der Waals surface area (Å²) in [7, 11) is 0. The van der Waals surface area contributed by atoms with E-state index in [-0.39, 0.29) is 10.9 Å². The number of benzene rings is 1. The molecule has 3 unspecified atom stereocenters. The van der Waals surface area contributed by atoms with Crippen molar-refractivity contribution in [3.8, 4) is 0 Å². The molecule has 3 atom stereocenters. The van der Waals surface area contributed by atoms with Gasteiger partial charge in [0.2, 0.25) is 0 Å². The van der Waals surface area contributed by atoms with Gasteiger partial charge in [0.25, 0.3) is 0 Å². The van der Waals surface area contributed by atoms with Gasteiger partial charge in [-0.15, -0.1) is 0 Å². The number of rotatable bonds is 4. The van der Waals surface area contributed by atoms with Crippen molar-refractivity contribution in [2.75, 3.05) is 6.61 Å². The molecule has 0 amide bonds. The largest absolute Gasteiger partial charge is 0.416 e. The molecule has 20 heavy (non-hydrogen) atoms. The first-order valence-electron chi connectivity index (χ1n) is 6.83. The van der Waals surface area contributed by atoms with Crippen molar-refractivity contribution in [2.24, 2.45) is 5.92 Å². The molecule has 2 rings (SSSR count). The monoisotopic (exact) mass is 350 g/mol. The van der Waals surface area contributed by atoms with E-state index in [0.29, 0.717) is 5.92 Å². The van der Waals surface area contributed by atoms with Gasteiger partial charge in [0.1, 0.15) is 0 Å². The van der Waals surface area contributed by atoms with Crippen LogP contribution < -0.4 is 0 Å². The van der Waals surface area contributed by atoms with Crippen LogP contribution in [0.15, 0.2) is 24.3 Å². The molecule has 0 N–H and O–H groups in total. The summed E-state index contributed by atoms with van der Waals surface area (Å²) in [5, 5.41) is 0. The third-order valence-electron chi connectivity index (χ3n) is 3.84. The first kappa shape index (κ1) is 15.8. The number of alkyl halides is 4. The second kappa shape index (κ2) is 6.48. The van der Waals surface area contributed by atoms with Crippen molar-refractivity contribution in [1.82, 2.24) is 0 Å². The van der Waals surface area contributed by atoms with Gasteiger partial charge in [-0.25, -0.2) is 0 Å². The highest BCUT2D eigenvalue weighted by Gasteiger charge is 2.33. The normalized spacial score (nSPS) is 24.9. The van der Waals surface area contributed by atoms with Gasteiger partial charge in [0.15, 0.2) is 0 Å². The first-order valence-corrected chi connectivity index (χ1v) is 7.75. The number of ether oxygens (including phenoxy) is 1. The van der Waals surface area contributed by atoms with Gasteiger partial charge in [-0.05, 0) is 37.0 Å². The van der Waals surface area contributed by atoms with Crippen LogP contribution in [0.4, 0.5) is 13.2 Å². The minimum atomic E-state index is -4.26. The summed E-state index contributed by atoms with van der Waals surface area (Å²) in [6.45, 7) is 2.87. The van der Waals surface area contributed by atoms with Gasteiger partial charge >= 0.3 is 6.18 Å². The van der Waals surface area contributed by atoms with E-state index in [1.807, 2.05) is 0 Å². The van der Waals surface area contributed by atoms with Gasteiger partial charge in [0.05, 0.1) is 11.7 Å². The Balaban J connectivity index is 1.99. The SMILES string of the molecule is CCC1OCCC1C(Br)Cc1ccc(C(F)(F)F)cc1. The lowest BCUT2D eigenvalue weighted by atomic mass is 9.92. The van der Waals surface area contributed by atoms with E-state index in [0.717, 1.165) is 43.6 Å². The molecule has 1 aliphatic heterocycles. The van der Waals surface area contributed by atoms with Crippen molar-refractivity contribution in [3.05, 3.63) is 35.4 Å². The summed E-state index contributed by atoms with van der Waals surface area (Å²) >= 11 is 3.68. The van der Waals surface area contributed by atoms with Gasteiger partial charge in [-0.2, -0.15) is 13.2 Å². The molecule has 112 valence electrons. The molecule has 0 radical (unpaired) electrons. The molecule has 1 aromatic rings. The molecule has 1 heterocycles. The fraction of sp³-hybridized carbons (Fsp3) is 0.600. The minimum absolute atomic E-state index is 0.242. The van der Waals surface area contributed by atoms with Gasteiger partial charge in [-0.1, -0.05) is 35.0 Å². The highest BCUT2D eigenvalue weighted by Crippen LogP contribution is 2.33. The second-order valence-electron chi connectivity index (χ2n) is 5.18. The molecule has 1 saturated heterocycles. The summed E-state index contributed by atoms with van der Waals surface area (Å²) in [5.74, 6) is 0.433. The summed E-state index contributed by atoms with van der Waals surface area (Å²) in [6.07, 6.45) is -1.30. The molecule has 0 spiro atoms. The van der Waals surface area contributed by atoms with Crippen molar-refractivity contribution < 1.29 is 17.9 Å². The Morgan fingerprint density at radius 2 is 1.95 bits per heavy atom. The smallest absolute Gasteiger partial charge is 0.378 e. The Hall–Kier alpha value is -0.550. The van der Waals surface area contributed by atoms with Crippen molar-refractivity contribution in [3.63, 3.8) is 0 Å². The zero-order valence-corrected chi connectivity index (χ0v) is 12.9. The Labute approximate surface area is 125 Å². The van der Waals surface area contributed by atoms with E-state index in [4.69, 9.17) is 4.74 Å². The van der Waals surface area contributed by atoms with Crippen LogP contribution in [0.2, 0.25) is 0 Å². The first-order chi connectivity index (χ1) is 9.41. The fourth-order valence-electron chi connectivity index (χ4n) is 2.71. The van der Waals surface area contributed by atoms with Gasteiger partial charge < -0.3 is 4.74 Å². The maximum Gasteiger partial charge on any atom is 0.416 e. The quantitative estimate of drug-likeness (QED) is 0.707. The summed E-state index contributed by atoms with van der Waals surface area (Å²) in [5.41, 5.74) is 0.324. The molecule has 5 heteroatoms. The van der Waals surface area contributed by atoms with Crippen LogP contribution in [0.25, 0.3) is 0 Å². The fourth-order valence-corrected chi connectivity index (χ4v) is 3.68. The van der Waals surface area contributed by atoms with Crippen LogP contribution in [0.3, 0.4) is 0 Å². The van der Waals surface area contributed by atoms with Crippen LogP contribution in [0.1, 0.15) is 30.9 Å². The predicted octanol–water partition coefficient (Wildman–Crippen LogP) is 4.83. The van der Waals surface area contributed by atoms with Gasteiger partial charge in [-0.3, -0.25) is 0 Å². The number of hydrogen-bond acceptors (Lipinski definition) is 1. The van der Waals surface area contributed by atoms with Crippen molar-refractivity contribution >= 4 is 15.9 Å². The lowest BCUT2D eigenvalue weighted by Crippen LogP contribution is -2.25. The Morgan fingerprint density at radius 3 is 2.50 bits per heavy atom. The lowest BCUT2D eigenvalue weighted by molar-refractivity contribution is -0.137. The molecule has 0 aromatic heterocycles. The van der Waals surface area contributed by atoms with Crippen LogP contribution >= 0.6 is 15.9 Å². The number of hydrogen-bond donors (Lipinski definition) is 0. The number of halogens is 4. The Morgan fingerprint density at radius 1 is 1.30 bits per heavy atom. The molecule has 0 aliphatic carbocycles. The van der Waals surface area contributed by atoms with E-state index in [2.05, 4.69) is 22.9 Å². The highest BCUT2D eigenvalue weighted by atomic mass is 79.9. The van der Waals surface area contributed by atoms with Crippen LogP contribution in [-0.2, 0) is 17.3 Å². The summed E-state index contributed by atoms with van der Waals surface area (Å²) in [6, 6.07) is 5.43. The summed E-state index contributed by atoms with van der Waals surface area (Å²) in [4.78, 5) is 0.242. The third-order valence-corrected chi connectivity index (χ3v) is 4.84. The molecular formula is C15H18BrF3O. The highest BCUT2D eigenvalue weighted by molar-refractivity contribution is 9.09. The maximum atomic E-state index is 12.5. The average Bonchev–Trinajstić information content (AvgIpc) is 2.86. The van der Waals surface area contributed by atoms with E-state index in [9.17, 15) is 13.2 Å². The second-order valence-corrected chi connectivity index (χ2v) is 6.36. The van der Waals surface area contributed by atoms with E-state index in [1.54, 1.807) is 12.1 Å². The van der Waals surface area contributed by atoms with Crippen molar-refractivity contribution in [2.45, 2.75) is 43.3 Å². The Bertz CT molecular complexity index is 430. The Kier molecular flexibility index (Phi) is 5.13. The molecule has 1 aromatic carbocycles. The molecule has 1 aliphatic rings. The zero-order chi connectivity index (χ0) is 14.8. The standard InChI is InChI=1S/C15H18BrF3O/c1-2-14-12(7-8-20-14)13(16)9-10-3-5-11(6-4-10)15(17,18)19/h3-6,12-14H,2,7-9H2,1H3. The van der Waals surface area contributed by atoms with Crippen molar-refractivity contribution in [1.29, 1.82) is 0 Å². The lowest BCUT2D eigenvalue weighted by Gasteiger charge is -2.22. The molecule has 1 nitrogen and oxygen atoms in total. The van der Waals surface area contributed by atoms with E-state index >= 15 is 0 Å². The average molecular weight is 351 g/mol. The predicted molar refractivity (Wildman–Crippen MR) is 76.0 cm³/mol. The van der Waals surface area contributed by atoms with Crippen LogP contribution in [0, 0.1) is 5.92 Å². The molecule has 0 bridgehead atoms. The molecular weight excluding hydrogens is 333 g/mol. The minimum Gasteiger partial charge on any atom is -0.378 e. The van der Waals surface area contributed by atoms with Crippen LogP contribution in [-0.4, -0.2) is 17.5 Å². The maximum absolute atomic E-state index is 12.5. The third kappa shape index (κ3) is 3.76. The summed E-state index contributed by atoms with van der Waals surface area (Å²) < 4.78 is 43.2. The molecule has 0 saturated carbocycles. The molecule has 1 fully saturated rings. The van der Waals surface area contributed by atoms with E-state index in [1.165, 1.54) is 0 Å².